The van der Waals surface area contributed by atoms with Crippen molar-refractivity contribution in [2.45, 2.75) is 19.4 Å². The van der Waals surface area contributed by atoms with E-state index in [-0.39, 0.29) is 16.6 Å². The topological polar surface area (TPSA) is 64.3 Å². The summed E-state index contributed by atoms with van der Waals surface area (Å²) in [5.41, 5.74) is 5.37. The highest BCUT2D eigenvalue weighted by Gasteiger charge is 2.21. The lowest BCUT2D eigenvalue weighted by molar-refractivity contribution is 0.111. The summed E-state index contributed by atoms with van der Waals surface area (Å²) < 4.78 is 5.54. The van der Waals surface area contributed by atoms with Gasteiger partial charge in [-0.05, 0) is 27.9 Å². The molecule has 90 valence electrons. The van der Waals surface area contributed by atoms with E-state index in [1.807, 2.05) is 14.1 Å². The largest absolute Gasteiger partial charge is 0.476 e. The predicted molar refractivity (Wildman–Crippen MR) is 64.7 cm³/mol. The Morgan fingerprint density at radius 2 is 2.06 bits per heavy atom. The number of halogens is 1. The van der Waals surface area contributed by atoms with E-state index in [1.54, 1.807) is 6.07 Å². The van der Waals surface area contributed by atoms with E-state index in [0.29, 0.717) is 12.5 Å². The van der Waals surface area contributed by atoms with E-state index in [1.165, 1.54) is 0 Å². The van der Waals surface area contributed by atoms with Crippen molar-refractivity contribution >= 4 is 17.5 Å². The molecular formula is C10H17ClN4O. The highest BCUT2D eigenvalue weighted by atomic mass is 35.5. The molecular weight excluding hydrogens is 228 g/mol. The van der Waals surface area contributed by atoms with Crippen LogP contribution in [0.4, 0.5) is 5.95 Å². The number of anilines is 1. The molecule has 0 spiro atoms. The number of rotatable bonds is 4. The van der Waals surface area contributed by atoms with Gasteiger partial charge in [-0.1, -0.05) is 11.6 Å². The lowest BCUT2D eigenvalue weighted by Crippen LogP contribution is -2.43. The summed E-state index contributed by atoms with van der Waals surface area (Å²) in [7, 11) is 3.98. The maximum Gasteiger partial charge on any atom is 0.224 e. The van der Waals surface area contributed by atoms with Crippen LogP contribution in [-0.4, -0.2) is 41.1 Å². The zero-order valence-corrected chi connectivity index (χ0v) is 10.7. The molecule has 0 bridgehead atoms. The monoisotopic (exact) mass is 244 g/mol. The van der Waals surface area contributed by atoms with Gasteiger partial charge in [0.1, 0.15) is 11.8 Å². The number of likely N-dealkylation sites (N-methyl/N-ethyl adjacent to an activating group) is 1. The number of nitrogen functional groups attached to an aromatic ring is 1. The second kappa shape index (κ2) is 4.84. The van der Waals surface area contributed by atoms with Crippen LogP contribution in [0.15, 0.2) is 6.07 Å². The van der Waals surface area contributed by atoms with Crippen molar-refractivity contribution in [3.8, 4) is 5.88 Å². The Hall–Kier alpha value is -1.07. The van der Waals surface area contributed by atoms with Crippen LogP contribution in [-0.2, 0) is 0 Å². The smallest absolute Gasteiger partial charge is 0.224 e. The molecule has 0 atom stereocenters. The Bertz CT molecular complexity index is 348. The van der Waals surface area contributed by atoms with Gasteiger partial charge in [-0.2, -0.15) is 4.98 Å². The second-order valence-electron chi connectivity index (χ2n) is 4.38. The van der Waals surface area contributed by atoms with Gasteiger partial charge in [-0.15, -0.1) is 0 Å². The van der Waals surface area contributed by atoms with Crippen molar-refractivity contribution in [3.63, 3.8) is 0 Å². The molecule has 0 amide bonds. The lowest BCUT2D eigenvalue weighted by atomic mass is 10.1. The van der Waals surface area contributed by atoms with Gasteiger partial charge in [0.2, 0.25) is 11.8 Å². The van der Waals surface area contributed by atoms with Crippen molar-refractivity contribution in [1.29, 1.82) is 0 Å². The third-order valence-electron chi connectivity index (χ3n) is 2.47. The molecule has 1 rings (SSSR count). The Morgan fingerprint density at radius 1 is 1.44 bits per heavy atom. The fourth-order valence-corrected chi connectivity index (χ4v) is 1.05. The minimum Gasteiger partial charge on any atom is -0.476 e. The van der Waals surface area contributed by atoms with Crippen LogP contribution in [0, 0.1) is 0 Å². The van der Waals surface area contributed by atoms with Crippen molar-refractivity contribution in [3.05, 3.63) is 11.2 Å². The standard InChI is InChI=1S/C10H17ClN4O/c1-10(2,15(3)4)6-16-8-5-7(11)13-9(12)14-8/h5H,6H2,1-4H3,(H2,12,13,14). The summed E-state index contributed by atoms with van der Waals surface area (Å²) in [6, 6.07) is 1.55. The van der Waals surface area contributed by atoms with Gasteiger partial charge in [0.25, 0.3) is 0 Å². The van der Waals surface area contributed by atoms with Crippen LogP contribution in [0.2, 0.25) is 5.15 Å². The SMILES string of the molecule is CN(C)C(C)(C)COc1cc(Cl)nc(N)n1. The molecule has 0 saturated heterocycles. The van der Waals surface area contributed by atoms with Crippen LogP contribution >= 0.6 is 11.6 Å². The molecule has 0 fully saturated rings. The van der Waals surface area contributed by atoms with Crippen molar-refractivity contribution in [1.82, 2.24) is 14.9 Å². The summed E-state index contributed by atoms with van der Waals surface area (Å²) in [5.74, 6) is 0.512. The van der Waals surface area contributed by atoms with Crippen LogP contribution in [0.3, 0.4) is 0 Å². The van der Waals surface area contributed by atoms with Crippen LogP contribution in [0.5, 0.6) is 5.88 Å². The Morgan fingerprint density at radius 3 is 2.56 bits per heavy atom. The molecule has 0 radical (unpaired) electrons. The second-order valence-corrected chi connectivity index (χ2v) is 4.77. The molecule has 16 heavy (non-hydrogen) atoms. The normalized spacial score (nSPS) is 11.9. The number of aromatic nitrogens is 2. The minimum absolute atomic E-state index is 0.0911. The maximum atomic E-state index is 5.74. The lowest BCUT2D eigenvalue weighted by Gasteiger charge is -2.31. The molecule has 0 unspecified atom stereocenters. The molecule has 5 nitrogen and oxygen atoms in total. The summed E-state index contributed by atoms with van der Waals surface area (Å²) in [6.45, 7) is 4.63. The average Bonchev–Trinajstić information content (AvgIpc) is 2.13. The summed E-state index contributed by atoms with van der Waals surface area (Å²) in [5, 5.41) is 0.283. The highest BCUT2D eigenvalue weighted by molar-refractivity contribution is 6.29. The number of ether oxygens (including phenoxy) is 1. The van der Waals surface area contributed by atoms with Crippen LogP contribution in [0.1, 0.15) is 13.8 Å². The Labute approximate surface area is 101 Å². The number of hydrogen-bond donors (Lipinski definition) is 1. The van der Waals surface area contributed by atoms with E-state index < -0.39 is 0 Å². The van der Waals surface area contributed by atoms with E-state index >= 15 is 0 Å². The summed E-state index contributed by atoms with van der Waals surface area (Å²) in [4.78, 5) is 9.76. The fraction of sp³-hybridized carbons (Fsp3) is 0.600. The third kappa shape index (κ3) is 3.50. The first kappa shape index (κ1) is 13.0. The first-order valence-electron chi connectivity index (χ1n) is 4.91. The quantitative estimate of drug-likeness (QED) is 0.812. The van der Waals surface area contributed by atoms with Gasteiger partial charge in [0.05, 0.1) is 0 Å². The van der Waals surface area contributed by atoms with Gasteiger partial charge in [-0.3, -0.25) is 0 Å². The first-order valence-corrected chi connectivity index (χ1v) is 5.29. The highest BCUT2D eigenvalue weighted by Crippen LogP contribution is 2.17. The molecule has 1 aromatic heterocycles. The van der Waals surface area contributed by atoms with Crippen LogP contribution in [0.25, 0.3) is 0 Å². The Balaban J connectivity index is 2.68. The summed E-state index contributed by atoms with van der Waals surface area (Å²) >= 11 is 5.74. The van der Waals surface area contributed by atoms with E-state index in [4.69, 9.17) is 22.1 Å². The third-order valence-corrected chi connectivity index (χ3v) is 2.67. The van der Waals surface area contributed by atoms with Gasteiger partial charge >= 0.3 is 0 Å². The zero-order chi connectivity index (χ0) is 12.3. The Kier molecular flexibility index (Phi) is 3.93. The molecule has 0 saturated carbocycles. The molecule has 0 aliphatic heterocycles. The van der Waals surface area contributed by atoms with Crippen molar-refractivity contribution in [2.75, 3.05) is 26.4 Å². The molecule has 2 N–H and O–H groups in total. The summed E-state index contributed by atoms with van der Waals surface area (Å²) in [6.07, 6.45) is 0. The zero-order valence-electron chi connectivity index (χ0n) is 9.99. The van der Waals surface area contributed by atoms with Gasteiger partial charge in [0.15, 0.2) is 0 Å². The fourth-order valence-electron chi connectivity index (χ4n) is 0.867. The van der Waals surface area contributed by atoms with Crippen molar-refractivity contribution < 1.29 is 4.74 Å². The predicted octanol–water partition coefficient (Wildman–Crippen LogP) is 1.43. The van der Waals surface area contributed by atoms with Crippen molar-refractivity contribution in [2.24, 2.45) is 0 Å². The van der Waals surface area contributed by atoms with Gasteiger partial charge < -0.3 is 15.4 Å². The maximum absolute atomic E-state index is 5.74. The molecule has 0 aliphatic carbocycles. The molecule has 1 heterocycles. The molecule has 6 heteroatoms. The van der Waals surface area contributed by atoms with Gasteiger partial charge in [0, 0.05) is 11.6 Å². The van der Waals surface area contributed by atoms with E-state index in [9.17, 15) is 0 Å². The molecule has 0 aromatic carbocycles. The van der Waals surface area contributed by atoms with Gasteiger partial charge in [-0.25, -0.2) is 4.98 Å². The molecule has 1 aromatic rings. The van der Waals surface area contributed by atoms with E-state index in [2.05, 4.69) is 28.7 Å². The molecule has 0 aliphatic rings. The average molecular weight is 245 g/mol. The van der Waals surface area contributed by atoms with E-state index in [0.717, 1.165) is 0 Å². The first-order chi connectivity index (χ1) is 7.31. The van der Waals surface area contributed by atoms with Crippen LogP contribution < -0.4 is 10.5 Å². The minimum atomic E-state index is -0.0911. The number of nitrogens with zero attached hydrogens (tertiary/aromatic N) is 3. The number of hydrogen-bond acceptors (Lipinski definition) is 5. The number of nitrogens with two attached hydrogens (primary N) is 1.